The summed E-state index contributed by atoms with van der Waals surface area (Å²) >= 11 is 5.58. The van der Waals surface area contributed by atoms with Gasteiger partial charge in [0.2, 0.25) is 0 Å². The minimum atomic E-state index is 0.190. The minimum Gasteiger partial charge on any atom is -0.310 e. The molecule has 2 heterocycles. The van der Waals surface area contributed by atoms with E-state index in [1.807, 2.05) is 0 Å². The van der Waals surface area contributed by atoms with Gasteiger partial charge >= 0.3 is 0 Å². The molecule has 64 valence electrons. The van der Waals surface area contributed by atoms with Crippen LogP contribution >= 0.6 is 11.6 Å². The van der Waals surface area contributed by atoms with Crippen LogP contribution < -0.4 is 0 Å². The summed E-state index contributed by atoms with van der Waals surface area (Å²) in [4.78, 5) is 4.15. The number of hydrogen-bond acceptors (Lipinski definition) is 2. The lowest BCUT2D eigenvalue weighted by atomic mass is 10.5. The predicted octanol–water partition coefficient (Wildman–Crippen LogP) is 1.75. The molecule has 1 aromatic rings. The van der Waals surface area contributed by atoms with Gasteiger partial charge < -0.3 is 4.57 Å². The standard InChI is InChI=1S/C7H7ClFN3/c8-3-6-4-11-5-12(9)2-1-7(11)10-6/h1-2,4H,3,5H2. The van der Waals surface area contributed by atoms with Crippen molar-refractivity contribution in [1.82, 2.24) is 14.7 Å². The molecule has 3 nitrogen and oxygen atoms in total. The van der Waals surface area contributed by atoms with Gasteiger partial charge in [-0.1, -0.05) is 4.48 Å². The summed E-state index contributed by atoms with van der Waals surface area (Å²) in [7, 11) is 0. The van der Waals surface area contributed by atoms with E-state index in [0.29, 0.717) is 11.0 Å². The van der Waals surface area contributed by atoms with E-state index in [9.17, 15) is 4.48 Å². The van der Waals surface area contributed by atoms with Gasteiger partial charge in [-0.05, 0) is 6.08 Å². The van der Waals surface area contributed by atoms with Crippen LogP contribution in [0.4, 0.5) is 4.48 Å². The Morgan fingerprint density at radius 1 is 1.67 bits per heavy atom. The third kappa shape index (κ3) is 1.18. The molecule has 12 heavy (non-hydrogen) atoms. The maximum absolute atomic E-state index is 12.6. The van der Waals surface area contributed by atoms with Crippen molar-refractivity contribution in [2.45, 2.75) is 12.5 Å². The van der Waals surface area contributed by atoms with Crippen LogP contribution in [0.15, 0.2) is 12.4 Å². The van der Waals surface area contributed by atoms with Crippen molar-refractivity contribution in [1.29, 1.82) is 0 Å². The van der Waals surface area contributed by atoms with Gasteiger partial charge in [0.05, 0.1) is 11.6 Å². The molecule has 0 bridgehead atoms. The number of imidazole rings is 1. The lowest BCUT2D eigenvalue weighted by molar-refractivity contribution is 0.0493. The first-order valence-electron chi connectivity index (χ1n) is 3.52. The fourth-order valence-electron chi connectivity index (χ4n) is 1.14. The number of halogens is 2. The van der Waals surface area contributed by atoms with Crippen LogP contribution in [0, 0.1) is 0 Å². The molecule has 0 amide bonds. The van der Waals surface area contributed by atoms with E-state index in [1.54, 1.807) is 16.8 Å². The van der Waals surface area contributed by atoms with Crippen LogP contribution in [0.3, 0.4) is 0 Å². The first-order valence-corrected chi connectivity index (χ1v) is 4.05. The van der Waals surface area contributed by atoms with Gasteiger partial charge in [-0.3, -0.25) is 0 Å². The Morgan fingerprint density at radius 2 is 2.50 bits per heavy atom. The van der Waals surface area contributed by atoms with Gasteiger partial charge in [0.25, 0.3) is 0 Å². The predicted molar refractivity (Wildman–Crippen MR) is 43.8 cm³/mol. The normalized spacial score (nSPS) is 15.0. The number of fused-ring (bicyclic) bond motifs is 1. The Labute approximate surface area is 74.0 Å². The zero-order valence-electron chi connectivity index (χ0n) is 6.24. The second-order valence-electron chi connectivity index (χ2n) is 2.55. The summed E-state index contributed by atoms with van der Waals surface area (Å²) in [5, 5.41) is 0.590. The van der Waals surface area contributed by atoms with Crippen LogP contribution in [-0.4, -0.2) is 14.7 Å². The fourth-order valence-corrected chi connectivity index (χ4v) is 1.27. The van der Waals surface area contributed by atoms with E-state index >= 15 is 0 Å². The molecule has 1 aromatic heterocycles. The second kappa shape index (κ2) is 2.79. The van der Waals surface area contributed by atoms with Gasteiger partial charge in [0.15, 0.2) is 0 Å². The maximum atomic E-state index is 12.6. The Morgan fingerprint density at radius 3 is 3.25 bits per heavy atom. The average Bonchev–Trinajstić information content (AvgIpc) is 2.46. The molecule has 0 aromatic carbocycles. The first-order chi connectivity index (χ1) is 5.79. The highest BCUT2D eigenvalue weighted by atomic mass is 35.5. The average molecular weight is 188 g/mol. The van der Waals surface area contributed by atoms with Crippen molar-refractivity contribution in [2.24, 2.45) is 0 Å². The molecule has 0 aliphatic carbocycles. The summed E-state index contributed by atoms with van der Waals surface area (Å²) in [6.45, 7) is 0.190. The Balaban J connectivity index is 2.37. The molecule has 0 atom stereocenters. The first kappa shape index (κ1) is 7.61. The molecule has 0 spiro atoms. The number of alkyl halides is 1. The van der Waals surface area contributed by atoms with Gasteiger partial charge in [-0.15, -0.1) is 11.6 Å². The third-order valence-electron chi connectivity index (χ3n) is 1.67. The van der Waals surface area contributed by atoms with Crippen molar-refractivity contribution >= 4 is 17.7 Å². The quantitative estimate of drug-likeness (QED) is 0.494. The molecule has 0 radical (unpaired) electrons. The second-order valence-corrected chi connectivity index (χ2v) is 2.82. The topological polar surface area (TPSA) is 21.1 Å². The van der Waals surface area contributed by atoms with Gasteiger partial charge in [-0.2, -0.15) is 5.12 Å². The monoisotopic (exact) mass is 187 g/mol. The highest BCUT2D eigenvalue weighted by Crippen LogP contribution is 2.14. The molecule has 2 rings (SSSR count). The highest BCUT2D eigenvalue weighted by Gasteiger charge is 2.11. The van der Waals surface area contributed by atoms with E-state index in [4.69, 9.17) is 11.6 Å². The largest absolute Gasteiger partial charge is 0.310 e. The minimum absolute atomic E-state index is 0.190. The summed E-state index contributed by atoms with van der Waals surface area (Å²) in [5.41, 5.74) is 0.770. The number of hydrogen-bond donors (Lipinski definition) is 0. The SMILES string of the molecule is FN1C=Cc2nc(CCl)cn2C1. The van der Waals surface area contributed by atoms with E-state index in [-0.39, 0.29) is 6.67 Å². The summed E-state index contributed by atoms with van der Waals surface area (Å²) < 4.78 is 14.3. The smallest absolute Gasteiger partial charge is 0.136 e. The van der Waals surface area contributed by atoms with Gasteiger partial charge in [0, 0.05) is 12.4 Å². The zero-order chi connectivity index (χ0) is 8.55. The van der Waals surface area contributed by atoms with Crippen LogP contribution in [-0.2, 0) is 12.5 Å². The van der Waals surface area contributed by atoms with Crippen molar-refractivity contribution in [2.75, 3.05) is 0 Å². The number of aromatic nitrogens is 2. The lowest BCUT2D eigenvalue weighted by Gasteiger charge is -2.14. The van der Waals surface area contributed by atoms with E-state index < -0.39 is 0 Å². The molecule has 0 saturated carbocycles. The molecule has 0 fully saturated rings. The lowest BCUT2D eigenvalue weighted by Crippen LogP contribution is -2.16. The molecular formula is C7H7ClFN3. The molecule has 0 saturated heterocycles. The maximum Gasteiger partial charge on any atom is 0.136 e. The zero-order valence-corrected chi connectivity index (χ0v) is 7.00. The van der Waals surface area contributed by atoms with Crippen LogP contribution in [0.1, 0.15) is 11.5 Å². The van der Waals surface area contributed by atoms with Gasteiger partial charge in [0.1, 0.15) is 12.5 Å². The van der Waals surface area contributed by atoms with Crippen molar-refractivity contribution < 1.29 is 4.48 Å². The third-order valence-corrected chi connectivity index (χ3v) is 1.94. The van der Waals surface area contributed by atoms with Crippen molar-refractivity contribution in [3.8, 4) is 0 Å². The number of rotatable bonds is 1. The Kier molecular flexibility index (Phi) is 1.77. The molecule has 1 aliphatic heterocycles. The Hall–Kier alpha value is -1.03. The summed E-state index contributed by atoms with van der Waals surface area (Å²) in [6, 6.07) is 0. The number of nitrogens with zero attached hydrogens (tertiary/aromatic N) is 3. The highest BCUT2D eigenvalue weighted by molar-refractivity contribution is 6.16. The summed E-state index contributed by atoms with van der Waals surface area (Å²) in [6.07, 6.45) is 4.71. The van der Waals surface area contributed by atoms with E-state index in [1.165, 1.54) is 6.20 Å². The van der Waals surface area contributed by atoms with Crippen LogP contribution in [0.5, 0.6) is 0 Å². The summed E-state index contributed by atoms with van der Waals surface area (Å²) in [5.74, 6) is 1.11. The van der Waals surface area contributed by atoms with E-state index in [2.05, 4.69) is 4.98 Å². The van der Waals surface area contributed by atoms with Gasteiger partial charge in [-0.25, -0.2) is 4.98 Å². The molecule has 5 heteroatoms. The Bertz CT molecular complexity index is 320. The van der Waals surface area contributed by atoms with Crippen molar-refractivity contribution in [3.63, 3.8) is 0 Å². The molecule has 1 aliphatic rings. The van der Waals surface area contributed by atoms with E-state index in [0.717, 1.165) is 11.5 Å². The molecule has 0 N–H and O–H groups in total. The van der Waals surface area contributed by atoms with Crippen LogP contribution in [0.25, 0.3) is 6.08 Å². The van der Waals surface area contributed by atoms with Crippen LogP contribution in [0.2, 0.25) is 0 Å². The molecular weight excluding hydrogens is 181 g/mol. The fraction of sp³-hybridized carbons (Fsp3) is 0.286. The van der Waals surface area contributed by atoms with Crippen molar-refractivity contribution in [3.05, 3.63) is 23.9 Å². The molecule has 0 unspecified atom stereocenters.